The summed E-state index contributed by atoms with van der Waals surface area (Å²) in [6, 6.07) is 0. The third kappa shape index (κ3) is 1.80. The van der Waals surface area contributed by atoms with Crippen molar-refractivity contribution < 1.29 is 12.6 Å². The molecule has 2 atom stereocenters. The van der Waals surface area contributed by atoms with Gasteiger partial charge in [-0.15, -0.1) is 0 Å². The molecule has 0 aliphatic carbocycles. The summed E-state index contributed by atoms with van der Waals surface area (Å²) in [4.78, 5) is 0. The second kappa shape index (κ2) is 3.74. The third-order valence-corrected chi connectivity index (χ3v) is 3.37. The van der Waals surface area contributed by atoms with Crippen LogP contribution < -0.4 is 0 Å². The highest BCUT2D eigenvalue weighted by Crippen LogP contribution is 2.22. The highest BCUT2D eigenvalue weighted by Gasteiger charge is 2.27. The van der Waals surface area contributed by atoms with Gasteiger partial charge in [0.25, 0.3) is 0 Å². The maximum absolute atomic E-state index is 10.7. The Labute approximate surface area is 82.3 Å². The zero-order chi connectivity index (χ0) is 8.39. The molecule has 4 nitrogen and oxygen atoms in total. The number of allylic oxidation sites excluding steroid dienone is 1. The van der Waals surface area contributed by atoms with E-state index in [-0.39, 0.29) is 6.10 Å². The molecule has 12 heavy (non-hydrogen) atoms. The van der Waals surface area contributed by atoms with E-state index in [1.165, 1.54) is 0 Å². The first-order chi connectivity index (χ1) is 5.86. The van der Waals surface area contributed by atoms with Gasteiger partial charge >= 0.3 is 11.4 Å². The Morgan fingerprint density at radius 1 is 1.83 bits per heavy atom. The smallest absolute Gasteiger partial charge is 0.265 e. The van der Waals surface area contributed by atoms with E-state index in [1.54, 1.807) is 6.08 Å². The molecule has 0 radical (unpaired) electrons. The van der Waals surface area contributed by atoms with Gasteiger partial charge in [-0.2, -0.15) is 4.21 Å². The lowest BCUT2D eigenvalue weighted by Gasteiger charge is -2.04. The molecule has 0 saturated carbocycles. The largest absolute Gasteiger partial charge is 0.305 e. The van der Waals surface area contributed by atoms with E-state index in [2.05, 4.69) is 13.0 Å². The topological polar surface area (TPSA) is 47.9 Å². The summed E-state index contributed by atoms with van der Waals surface area (Å²) in [6.45, 7) is 0.313. The van der Waals surface area contributed by atoms with Gasteiger partial charge in [-0.05, 0) is 3.93 Å². The molecule has 0 aromatic rings. The maximum Gasteiger partial charge on any atom is 0.305 e. The van der Waals surface area contributed by atoms with Crippen LogP contribution in [0.5, 0.6) is 0 Å². The lowest BCUT2D eigenvalue weighted by atomic mass is 10.3. The van der Waals surface area contributed by atoms with E-state index >= 15 is 0 Å². The van der Waals surface area contributed by atoms with Crippen molar-refractivity contribution in [2.75, 3.05) is 6.61 Å². The van der Waals surface area contributed by atoms with Crippen LogP contribution in [0, 0.1) is 9.85 Å². The molecular formula is C6H4INO3S. The van der Waals surface area contributed by atoms with Gasteiger partial charge in [0.2, 0.25) is 0 Å². The van der Waals surface area contributed by atoms with E-state index in [0.717, 1.165) is 5.70 Å². The number of halogens is 1. The van der Waals surface area contributed by atoms with E-state index < -0.39 is 32.4 Å². The predicted octanol–water partition coefficient (Wildman–Crippen LogP) is 0.993. The fourth-order valence-corrected chi connectivity index (χ4v) is 2.55. The number of hydrogen-bond acceptors (Lipinski definition) is 4. The summed E-state index contributed by atoms with van der Waals surface area (Å²) in [5.74, 6) is 2.84. The minimum Gasteiger partial charge on any atom is -0.265 e. The Kier molecular flexibility index (Phi) is 2.65. The van der Waals surface area contributed by atoms with Crippen LogP contribution in [0.15, 0.2) is 14.9 Å². The van der Waals surface area contributed by atoms with Gasteiger partial charge in [-0.25, -0.2) is 3.15 Å². The molecular weight excluding hydrogens is 293 g/mol. The van der Waals surface area contributed by atoms with Crippen molar-refractivity contribution in [2.24, 2.45) is 3.15 Å². The first-order valence-electron chi connectivity index (χ1n) is 3.13. The third-order valence-electron chi connectivity index (χ3n) is 1.30. The van der Waals surface area contributed by atoms with Gasteiger partial charge in [0.1, 0.15) is 6.10 Å². The van der Waals surface area contributed by atoms with E-state index in [1.807, 2.05) is 0 Å². The Morgan fingerprint density at radius 2 is 2.75 bits per heavy atom. The zero-order valence-corrected chi connectivity index (χ0v) is 8.79. The Balaban J connectivity index is 2.13. The molecule has 0 spiro atoms. The van der Waals surface area contributed by atoms with E-state index in [9.17, 15) is 4.21 Å². The van der Waals surface area contributed by atoms with Gasteiger partial charge in [-0.3, -0.25) is 8.37 Å². The lowest BCUT2D eigenvalue weighted by molar-refractivity contribution is 0.277. The van der Waals surface area contributed by atoms with Gasteiger partial charge in [0.15, 0.2) is 0 Å². The van der Waals surface area contributed by atoms with Crippen molar-refractivity contribution in [3.8, 4) is 9.85 Å². The van der Waals surface area contributed by atoms with Crippen LogP contribution in [0.2, 0.25) is 0 Å². The average molecular weight is 297 g/mol. The summed E-state index contributed by atoms with van der Waals surface area (Å²) in [5.41, 5.74) is 0.771. The van der Waals surface area contributed by atoms with E-state index in [0.29, 0.717) is 6.61 Å². The minimum atomic E-state index is -1.59. The van der Waals surface area contributed by atoms with Crippen LogP contribution in [0.3, 0.4) is 0 Å². The second-order valence-electron chi connectivity index (χ2n) is 2.05. The molecule has 0 bridgehead atoms. The van der Waals surface area contributed by atoms with Crippen molar-refractivity contribution in [2.45, 2.75) is 6.10 Å². The van der Waals surface area contributed by atoms with Crippen LogP contribution in [0.1, 0.15) is 0 Å². The molecule has 2 heterocycles. The predicted molar refractivity (Wildman–Crippen MR) is 51.3 cm³/mol. The molecule has 0 aromatic carbocycles. The number of hydrogen-bond donors (Lipinski definition) is 0. The van der Waals surface area contributed by atoms with Gasteiger partial charge in [0, 0.05) is 6.08 Å². The average Bonchev–Trinajstić information content (AvgIpc) is 2.54. The van der Waals surface area contributed by atoms with Crippen LogP contribution in [-0.4, -0.2) is 16.9 Å². The summed E-state index contributed by atoms with van der Waals surface area (Å²) >= 11 is -1.99. The SMILES string of the molecule is O=S1OCC(C2=CC#CI=N2)O1. The van der Waals surface area contributed by atoms with Crippen LogP contribution in [-0.2, 0) is 19.7 Å². The quantitative estimate of drug-likeness (QED) is 0.536. The molecule has 2 aliphatic rings. The fourth-order valence-electron chi connectivity index (χ4n) is 0.770. The standard InChI is InChI=1S/C6H4INO3S/c9-12-10-4-6(11-12)5-2-1-3-7-8-5/h2,6H,4H2. The molecule has 0 N–H and O–H groups in total. The normalized spacial score (nSPS) is 33.2. The van der Waals surface area contributed by atoms with Crippen molar-refractivity contribution in [1.29, 1.82) is 0 Å². The molecule has 0 amide bonds. The van der Waals surface area contributed by atoms with Gasteiger partial charge in [0.05, 0.1) is 33.3 Å². The monoisotopic (exact) mass is 297 g/mol. The Hall–Kier alpha value is -0.100. The minimum absolute atomic E-state index is 0.278. The lowest BCUT2D eigenvalue weighted by Crippen LogP contribution is -2.11. The van der Waals surface area contributed by atoms with Gasteiger partial charge < -0.3 is 0 Å². The maximum atomic E-state index is 10.7. The van der Waals surface area contributed by atoms with Crippen molar-refractivity contribution in [3.05, 3.63) is 11.8 Å². The van der Waals surface area contributed by atoms with Crippen LogP contribution in [0.4, 0.5) is 0 Å². The summed E-state index contributed by atoms with van der Waals surface area (Å²) in [6.07, 6.45) is 1.42. The molecule has 2 aliphatic heterocycles. The zero-order valence-electron chi connectivity index (χ0n) is 5.82. The van der Waals surface area contributed by atoms with Crippen molar-refractivity contribution in [1.82, 2.24) is 0 Å². The summed E-state index contributed by atoms with van der Waals surface area (Å²) < 4.78 is 27.4. The Bertz CT molecular complexity index is 340. The number of rotatable bonds is 1. The molecule has 0 aromatic heterocycles. The molecule has 1 saturated heterocycles. The highest BCUT2D eigenvalue weighted by atomic mass is 127. The summed E-state index contributed by atoms with van der Waals surface area (Å²) in [7, 11) is 0. The molecule has 64 valence electrons. The van der Waals surface area contributed by atoms with Gasteiger partial charge in [-0.1, -0.05) is 5.92 Å². The molecule has 6 heteroatoms. The first kappa shape index (κ1) is 8.50. The van der Waals surface area contributed by atoms with Crippen LogP contribution in [0.25, 0.3) is 0 Å². The second-order valence-corrected chi connectivity index (χ2v) is 4.39. The highest BCUT2D eigenvalue weighted by molar-refractivity contribution is 14.2. The molecule has 2 rings (SSSR count). The van der Waals surface area contributed by atoms with E-state index in [4.69, 9.17) is 8.37 Å². The van der Waals surface area contributed by atoms with Crippen LogP contribution >= 0.6 is 21.0 Å². The first-order valence-corrected chi connectivity index (χ1v) is 6.17. The van der Waals surface area contributed by atoms with Crippen molar-refractivity contribution >= 4 is 32.4 Å². The number of nitrogens with zero attached hydrogens (tertiary/aromatic N) is 1. The Morgan fingerprint density at radius 3 is 3.33 bits per heavy atom. The summed E-state index contributed by atoms with van der Waals surface area (Å²) in [5, 5.41) is 0. The molecule has 2 unspecified atom stereocenters. The fraction of sp³-hybridized carbons (Fsp3) is 0.333. The molecule has 1 fully saturated rings. The van der Waals surface area contributed by atoms with Crippen molar-refractivity contribution in [3.63, 3.8) is 0 Å².